The van der Waals surface area contributed by atoms with Crippen LogP contribution in [0.15, 0.2) is 18.2 Å². The number of carbonyl (C=O) groups excluding carboxylic acids is 2. The Kier molecular flexibility index (Phi) is 6.22. The van der Waals surface area contributed by atoms with E-state index in [-0.39, 0.29) is 5.91 Å². The van der Waals surface area contributed by atoms with E-state index in [1.807, 2.05) is 6.92 Å². The highest BCUT2D eigenvalue weighted by molar-refractivity contribution is 6.10. The molecule has 22 heavy (non-hydrogen) atoms. The highest BCUT2D eigenvalue weighted by atomic mass is 16.5. The monoisotopic (exact) mass is 308 g/mol. The second-order valence-corrected chi connectivity index (χ2v) is 5.40. The van der Waals surface area contributed by atoms with E-state index in [0.29, 0.717) is 23.7 Å². The molecule has 6 nitrogen and oxygen atoms in total. The SMILES string of the molecule is CCCNC(=O)C(C)(C)C(=O)Nc1cc(OC)ccc1OC. The molecule has 0 aliphatic rings. The first kappa shape index (κ1) is 17.8. The summed E-state index contributed by atoms with van der Waals surface area (Å²) in [5.74, 6) is 0.365. The van der Waals surface area contributed by atoms with Crippen molar-refractivity contribution in [2.45, 2.75) is 27.2 Å². The minimum Gasteiger partial charge on any atom is -0.497 e. The summed E-state index contributed by atoms with van der Waals surface area (Å²) in [4.78, 5) is 24.5. The Morgan fingerprint density at radius 2 is 1.82 bits per heavy atom. The fourth-order valence-corrected chi connectivity index (χ4v) is 1.75. The highest BCUT2D eigenvalue weighted by Crippen LogP contribution is 2.30. The largest absolute Gasteiger partial charge is 0.497 e. The molecule has 0 fully saturated rings. The molecule has 0 aliphatic heterocycles. The quantitative estimate of drug-likeness (QED) is 0.757. The van der Waals surface area contributed by atoms with Gasteiger partial charge in [0, 0.05) is 12.6 Å². The first-order chi connectivity index (χ1) is 10.4. The lowest BCUT2D eigenvalue weighted by atomic mass is 9.91. The van der Waals surface area contributed by atoms with Crippen molar-refractivity contribution < 1.29 is 19.1 Å². The van der Waals surface area contributed by atoms with E-state index in [2.05, 4.69) is 10.6 Å². The number of methoxy groups -OCH3 is 2. The van der Waals surface area contributed by atoms with Crippen LogP contribution in [0.4, 0.5) is 5.69 Å². The fraction of sp³-hybridized carbons (Fsp3) is 0.500. The molecule has 0 heterocycles. The van der Waals surface area contributed by atoms with Gasteiger partial charge in [-0.3, -0.25) is 9.59 Å². The maximum absolute atomic E-state index is 12.4. The third kappa shape index (κ3) is 4.13. The van der Waals surface area contributed by atoms with Gasteiger partial charge in [-0.05, 0) is 32.4 Å². The highest BCUT2D eigenvalue weighted by Gasteiger charge is 2.36. The molecule has 1 aromatic rings. The number of hydrogen-bond acceptors (Lipinski definition) is 4. The second-order valence-electron chi connectivity index (χ2n) is 5.40. The zero-order valence-corrected chi connectivity index (χ0v) is 13.8. The molecule has 0 radical (unpaired) electrons. The molecule has 0 saturated carbocycles. The molecule has 0 aliphatic carbocycles. The average Bonchev–Trinajstić information content (AvgIpc) is 2.52. The third-order valence-corrected chi connectivity index (χ3v) is 3.33. The topological polar surface area (TPSA) is 76.7 Å². The Morgan fingerprint density at radius 1 is 1.14 bits per heavy atom. The summed E-state index contributed by atoms with van der Waals surface area (Å²) in [6, 6.07) is 5.07. The van der Waals surface area contributed by atoms with Crippen LogP contribution in [-0.4, -0.2) is 32.6 Å². The Hall–Kier alpha value is -2.24. The van der Waals surface area contributed by atoms with Crippen molar-refractivity contribution in [1.29, 1.82) is 0 Å². The van der Waals surface area contributed by atoms with Crippen LogP contribution in [-0.2, 0) is 9.59 Å². The minimum absolute atomic E-state index is 0.311. The molecule has 6 heteroatoms. The fourth-order valence-electron chi connectivity index (χ4n) is 1.75. The van der Waals surface area contributed by atoms with E-state index >= 15 is 0 Å². The molecule has 2 amide bonds. The van der Waals surface area contributed by atoms with E-state index in [1.165, 1.54) is 14.2 Å². The Balaban J connectivity index is 2.93. The van der Waals surface area contributed by atoms with Gasteiger partial charge in [-0.1, -0.05) is 6.92 Å². The number of ether oxygens (including phenoxy) is 2. The van der Waals surface area contributed by atoms with Gasteiger partial charge >= 0.3 is 0 Å². The van der Waals surface area contributed by atoms with Crippen LogP contribution < -0.4 is 20.1 Å². The van der Waals surface area contributed by atoms with Crippen LogP contribution >= 0.6 is 0 Å². The second kappa shape index (κ2) is 7.68. The number of anilines is 1. The molecule has 0 spiro atoms. The number of rotatable bonds is 7. The predicted molar refractivity (Wildman–Crippen MR) is 85.3 cm³/mol. The van der Waals surface area contributed by atoms with Gasteiger partial charge in [-0.25, -0.2) is 0 Å². The molecule has 0 saturated heterocycles. The molecule has 2 N–H and O–H groups in total. The molecule has 122 valence electrons. The molecular formula is C16H24N2O4. The molecule has 0 bridgehead atoms. The van der Waals surface area contributed by atoms with Crippen LogP contribution in [0, 0.1) is 5.41 Å². The lowest BCUT2D eigenvalue weighted by molar-refractivity contribution is -0.138. The Labute approximate surface area is 131 Å². The van der Waals surface area contributed by atoms with E-state index in [0.717, 1.165) is 6.42 Å². The maximum Gasteiger partial charge on any atom is 0.239 e. The number of nitrogens with one attached hydrogen (secondary N) is 2. The standard InChI is InChI=1S/C16H24N2O4/c1-6-9-17-14(19)16(2,3)15(20)18-12-10-11(21-4)7-8-13(12)22-5/h7-8,10H,6,9H2,1-5H3,(H,17,19)(H,18,20). The lowest BCUT2D eigenvalue weighted by Gasteiger charge is -2.23. The lowest BCUT2D eigenvalue weighted by Crippen LogP contribution is -2.45. The molecular weight excluding hydrogens is 284 g/mol. The van der Waals surface area contributed by atoms with E-state index < -0.39 is 11.3 Å². The van der Waals surface area contributed by atoms with Crippen LogP contribution in [0.25, 0.3) is 0 Å². The van der Waals surface area contributed by atoms with Crippen LogP contribution in [0.1, 0.15) is 27.2 Å². The van der Waals surface area contributed by atoms with Crippen LogP contribution in [0.3, 0.4) is 0 Å². The summed E-state index contributed by atoms with van der Waals surface area (Å²) >= 11 is 0. The first-order valence-corrected chi connectivity index (χ1v) is 7.18. The summed E-state index contributed by atoms with van der Waals surface area (Å²) in [6.45, 7) is 5.66. The molecule has 0 atom stereocenters. The van der Waals surface area contributed by atoms with Gasteiger partial charge in [0.25, 0.3) is 0 Å². The summed E-state index contributed by atoms with van der Waals surface area (Å²) in [5.41, 5.74) is -0.730. The van der Waals surface area contributed by atoms with Crippen molar-refractivity contribution in [3.05, 3.63) is 18.2 Å². The van der Waals surface area contributed by atoms with Gasteiger partial charge in [0.2, 0.25) is 11.8 Å². The molecule has 1 aromatic carbocycles. The summed E-state index contributed by atoms with van der Waals surface area (Å²) in [5, 5.41) is 5.46. The van der Waals surface area contributed by atoms with E-state index in [1.54, 1.807) is 32.0 Å². The number of hydrogen-bond donors (Lipinski definition) is 2. The van der Waals surface area contributed by atoms with Crippen molar-refractivity contribution in [2.75, 3.05) is 26.1 Å². The van der Waals surface area contributed by atoms with Gasteiger partial charge in [0.05, 0.1) is 19.9 Å². The molecule has 0 aromatic heterocycles. The number of amides is 2. The zero-order valence-electron chi connectivity index (χ0n) is 13.8. The van der Waals surface area contributed by atoms with E-state index in [4.69, 9.17) is 9.47 Å². The van der Waals surface area contributed by atoms with Gasteiger partial charge < -0.3 is 20.1 Å². The third-order valence-electron chi connectivity index (χ3n) is 3.33. The number of benzene rings is 1. The van der Waals surface area contributed by atoms with E-state index in [9.17, 15) is 9.59 Å². The van der Waals surface area contributed by atoms with Crippen molar-refractivity contribution in [1.82, 2.24) is 5.32 Å². The van der Waals surface area contributed by atoms with Gasteiger partial charge in [-0.2, -0.15) is 0 Å². The Morgan fingerprint density at radius 3 is 2.36 bits per heavy atom. The Bertz CT molecular complexity index is 541. The van der Waals surface area contributed by atoms with Gasteiger partial charge in [0.15, 0.2) is 0 Å². The zero-order chi connectivity index (χ0) is 16.8. The van der Waals surface area contributed by atoms with Crippen molar-refractivity contribution in [2.24, 2.45) is 5.41 Å². The number of carbonyl (C=O) groups is 2. The molecule has 1 rings (SSSR count). The van der Waals surface area contributed by atoms with Crippen LogP contribution in [0.2, 0.25) is 0 Å². The summed E-state index contributed by atoms with van der Waals surface area (Å²) in [7, 11) is 3.05. The minimum atomic E-state index is -1.19. The van der Waals surface area contributed by atoms with Crippen molar-refractivity contribution in [3.63, 3.8) is 0 Å². The van der Waals surface area contributed by atoms with Crippen molar-refractivity contribution >= 4 is 17.5 Å². The smallest absolute Gasteiger partial charge is 0.239 e. The normalized spacial score (nSPS) is 10.8. The average molecular weight is 308 g/mol. The summed E-state index contributed by atoms with van der Waals surface area (Å²) in [6.07, 6.45) is 0.813. The summed E-state index contributed by atoms with van der Waals surface area (Å²) < 4.78 is 10.3. The van der Waals surface area contributed by atoms with Crippen molar-refractivity contribution in [3.8, 4) is 11.5 Å². The first-order valence-electron chi connectivity index (χ1n) is 7.18. The van der Waals surface area contributed by atoms with Crippen LogP contribution in [0.5, 0.6) is 11.5 Å². The molecule has 0 unspecified atom stereocenters. The van der Waals surface area contributed by atoms with Gasteiger partial charge in [-0.15, -0.1) is 0 Å². The van der Waals surface area contributed by atoms with Gasteiger partial charge in [0.1, 0.15) is 16.9 Å². The predicted octanol–water partition coefficient (Wildman–Crippen LogP) is 2.19. The maximum atomic E-state index is 12.4.